The molecule has 1 aromatic carbocycles. The molecule has 2 rings (SSSR count). The molecule has 2 aromatic rings. The van der Waals surface area contributed by atoms with Gasteiger partial charge in [-0.3, -0.25) is 5.10 Å². The van der Waals surface area contributed by atoms with Crippen LogP contribution >= 0.6 is 12.2 Å². The van der Waals surface area contributed by atoms with Crippen molar-refractivity contribution < 1.29 is 0 Å². The van der Waals surface area contributed by atoms with Crippen molar-refractivity contribution in [2.75, 3.05) is 0 Å². The number of hydrogen-bond acceptors (Lipinski definition) is 2. The van der Waals surface area contributed by atoms with Crippen LogP contribution in [0.3, 0.4) is 0 Å². The molecule has 0 unspecified atom stereocenters. The Morgan fingerprint density at radius 3 is 2.83 bits per heavy atom. The molecule has 3 nitrogen and oxygen atoms in total. The van der Waals surface area contributed by atoms with Gasteiger partial charge >= 0.3 is 0 Å². The van der Waals surface area contributed by atoms with Crippen LogP contribution in [0.4, 0.5) is 0 Å². The molecule has 0 fully saturated rings. The van der Waals surface area contributed by atoms with E-state index in [1.807, 2.05) is 0 Å². The predicted octanol–water partition coefficient (Wildman–Crippen LogP) is 3.50. The molecule has 4 heteroatoms. The first-order valence-electron chi connectivity index (χ1n) is 6.26. The topological polar surface area (TPSA) is 33.6 Å². The largest absolute Gasteiger partial charge is 0.304 e. The van der Waals surface area contributed by atoms with Gasteiger partial charge in [-0.05, 0) is 30.6 Å². The van der Waals surface area contributed by atoms with Gasteiger partial charge in [-0.25, -0.2) is 0 Å². The van der Waals surface area contributed by atoms with Crippen molar-refractivity contribution in [3.63, 3.8) is 0 Å². The molecule has 0 radical (unpaired) electrons. The van der Waals surface area contributed by atoms with Gasteiger partial charge in [-0.15, -0.1) is 0 Å². The van der Waals surface area contributed by atoms with Gasteiger partial charge in [0.1, 0.15) is 5.82 Å². The number of nitrogens with zero attached hydrogens (tertiary/aromatic N) is 2. The summed E-state index contributed by atoms with van der Waals surface area (Å²) in [4.78, 5) is 0. The Bertz CT molecular complexity index is 581. The number of H-pyrrole nitrogens is 1. The van der Waals surface area contributed by atoms with Crippen molar-refractivity contribution >= 4 is 12.2 Å². The summed E-state index contributed by atoms with van der Waals surface area (Å²) in [6.07, 6.45) is 0.821. The molecule has 0 aliphatic heterocycles. The summed E-state index contributed by atoms with van der Waals surface area (Å²) in [6, 6.07) is 8.51. The maximum absolute atomic E-state index is 5.28. The molecular formula is C14H19N3S. The molecule has 0 saturated heterocycles. The minimum absolute atomic E-state index is 0.561. The third-order valence-electron chi connectivity index (χ3n) is 2.83. The summed E-state index contributed by atoms with van der Waals surface area (Å²) < 4.78 is 2.81. The summed E-state index contributed by atoms with van der Waals surface area (Å²) in [6.45, 7) is 7.39. The fourth-order valence-corrected chi connectivity index (χ4v) is 2.27. The number of benzene rings is 1. The van der Waals surface area contributed by atoms with Crippen molar-refractivity contribution in [2.45, 2.75) is 33.7 Å². The van der Waals surface area contributed by atoms with Gasteiger partial charge in [0.05, 0.1) is 0 Å². The van der Waals surface area contributed by atoms with Crippen LogP contribution in [0, 0.1) is 17.6 Å². The monoisotopic (exact) mass is 261 g/mol. The zero-order chi connectivity index (χ0) is 13.1. The second kappa shape index (κ2) is 5.48. The Morgan fingerprint density at radius 1 is 1.39 bits per heavy atom. The van der Waals surface area contributed by atoms with E-state index < -0.39 is 0 Å². The minimum atomic E-state index is 0.561. The van der Waals surface area contributed by atoms with E-state index in [1.54, 1.807) is 0 Å². The molecule has 1 heterocycles. The van der Waals surface area contributed by atoms with Crippen molar-refractivity contribution in [2.24, 2.45) is 5.92 Å². The fourth-order valence-electron chi connectivity index (χ4n) is 2.04. The highest BCUT2D eigenvalue weighted by atomic mass is 32.1. The van der Waals surface area contributed by atoms with E-state index in [-0.39, 0.29) is 0 Å². The first-order chi connectivity index (χ1) is 8.56. The Labute approximate surface area is 113 Å². The molecule has 0 saturated carbocycles. The lowest BCUT2D eigenvalue weighted by molar-refractivity contribution is 0.505. The van der Waals surface area contributed by atoms with E-state index in [9.17, 15) is 0 Å². The molecule has 1 N–H and O–H groups in total. The fraction of sp³-hybridized carbons (Fsp3) is 0.429. The van der Waals surface area contributed by atoms with Crippen LogP contribution in [0.15, 0.2) is 24.3 Å². The maximum atomic E-state index is 5.28. The van der Waals surface area contributed by atoms with Gasteiger partial charge in [-0.1, -0.05) is 43.7 Å². The maximum Gasteiger partial charge on any atom is 0.195 e. The highest BCUT2D eigenvalue weighted by molar-refractivity contribution is 7.71. The highest BCUT2D eigenvalue weighted by Crippen LogP contribution is 2.11. The SMILES string of the molecule is Cc1cccc(Cc2n[nH]c(=S)n2CC(C)C)c1. The smallest absolute Gasteiger partial charge is 0.195 e. The molecule has 0 atom stereocenters. The molecule has 0 aliphatic rings. The second-order valence-electron chi connectivity index (χ2n) is 5.12. The van der Waals surface area contributed by atoms with Crippen molar-refractivity contribution in [3.8, 4) is 0 Å². The number of aromatic amines is 1. The number of rotatable bonds is 4. The predicted molar refractivity (Wildman–Crippen MR) is 76.2 cm³/mol. The summed E-state index contributed by atoms with van der Waals surface area (Å²) >= 11 is 5.28. The molecule has 0 spiro atoms. The van der Waals surface area contributed by atoms with E-state index >= 15 is 0 Å². The number of aromatic nitrogens is 3. The van der Waals surface area contributed by atoms with Crippen LogP contribution in [0.5, 0.6) is 0 Å². The quantitative estimate of drug-likeness (QED) is 0.855. The van der Waals surface area contributed by atoms with Crippen LogP contribution < -0.4 is 0 Å². The van der Waals surface area contributed by atoms with Crippen molar-refractivity contribution in [1.82, 2.24) is 14.8 Å². The van der Waals surface area contributed by atoms with Gasteiger partial charge in [0.2, 0.25) is 0 Å². The molecular weight excluding hydrogens is 242 g/mol. The molecule has 0 aliphatic carbocycles. The lowest BCUT2D eigenvalue weighted by Crippen LogP contribution is -2.09. The summed E-state index contributed by atoms with van der Waals surface area (Å²) in [5.41, 5.74) is 2.55. The standard InChI is InChI=1S/C14H19N3S/c1-10(2)9-17-13(15-16-14(17)18)8-12-6-4-5-11(3)7-12/h4-7,10H,8-9H2,1-3H3,(H,16,18). The van der Waals surface area contributed by atoms with E-state index in [1.165, 1.54) is 11.1 Å². The van der Waals surface area contributed by atoms with Gasteiger partial charge in [0.25, 0.3) is 0 Å². The van der Waals surface area contributed by atoms with E-state index in [0.717, 1.165) is 18.8 Å². The average molecular weight is 261 g/mol. The van der Waals surface area contributed by atoms with Crippen LogP contribution in [-0.2, 0) is 13.0 Å². The third kappa shape index (κ3) is 3.07. The zero-order valence-corrected chi connectivity index (χ0v) is 11.9. The van der Waals surface area contributed by atoms with E-state index in [0.29, 0.717) is 10.7 Å². The van der Waals surface area contributed by atoms with Crippen LogP contribution in [0.1, 0.15) is 30.8 Å². The normalized spacial score (nSPS) is 11.1. The lowest BCUT2D eigenvalue weighted by Gasteiger charge is -2.09. The Hall–Kier alpha value is -1.42. The molecule has 0 amide bonds. The van der Waals surface area contributed by atoms with Crippen molar-refractivity contribution in [3.05, 3.63) is 46.0 Å². The minimum Gasteiger partial charge on any atom is -0.304 e. The first kappa shape index (κ1) is 13.0. The van der Waals surface area contributed by atoms with Crippen LogP contribution in [0.2, 0.25) is 0 Å². The van der Waals surface area contributed by atoms with Gasteiger partial charge in [-0.2, -0.15) is 5.10 Å². The molecule has 0 bridgehead atoms. The second-order valence-corrected chi connectivity index (χ2v) is 5.50. The van der Waals surface area contributed by atoms with E-state index in [4.69, 9.17) is 12.2 Å². The summed E-state index contributed by atoms with van der Waals surface area (Å²) in [5.74, 6) is 1.57. The van der Waals surface area contributed by atoms with Gasteiger partial charge in [0.15, 0.2) is 4.77 Å². The lowest BCUT2D eigenvalue weighted by atomic mass is 10.1. The number of aryl methyl sites for hydroxylation is 1. The molecule has 96 valence electrons. The zero-order valence-electron chi connectivity index (χ0n) is 11.1. The number of nitrogens with one attached hydrogen (secondary N) is 1. The highest BCUT2D eigenvalue weighted by Gasteiger charge is 2.08. The van der Waals surface area contributed by atoms with Crippen LogP contribution in [0.25, 0.3) is 0 Å². The summed E-state index contributed by atoms with van der Waals surface area (Å²) in [5, 5.41) is 7.23. The Morgan fingerprint density at radius 2 is 2.17 bits per heavy atom. The van der Waals surface area contributed by atoms with Crippen LogP contribution in [-0.4, -0.2) is 14.8 Å². The average Bonchev–Trinajstić information content (AvgIpc) is 2.61. The molecule has 18 heavy (non-hydrogen) atoms. The number of hydrogen-bond donors (Lipinski definition) is 1. The van der Waals surface area contributed by atoms with E-state index in [2.05, 4.69) is 59.8 Å². The van der Waals surface area contributed by atoms with Gasteiger partial charge < -0.3 is 4.57 Å². The van der Waals surface area contributed by atoms with Crippen molar-refractivity contribution in [1.29, 1.82) is 0 Å². The molecule has 1 aromatic heterocycles. The third-order valence-corrected chi connectivity index (χ3v) is 3.14. The Balaban J connectivity index is 2.26. The van der Waals surface area contributed by atoms with Gasteiger partial charge in [0, 0.05) is 13.0 Å². The summed E-state index contributed by atoms with van der Waals surface area (Å²) in [7, 11) is 0. The Kier molecular flexibility index (Phi) is 3.97. The first-order valence-corrected chi connectivity index (χ1v) is 6.66.